The number of hydrogen-bond donors (Lipinski definition) is 0. The number of carbonyl (C=O) groups excluding carboxylic acids is 1. The molecule has 0 N–H and O–H groups in total. The van der Waals surface area contributed by atoms with Crippen LogP contribution in [0.1, 0.15) is 32.9 Å². The summed E-state index contributed by atoms with van der Waals surface area (Å²) in [5.41, 5.74) is 6.05. The van der Waals surface area contributed by atoms with Gasteiger partial charge in [-0.05, 0) is 49.1 Å². The average molecular weight is 305 g/mol. The Morgan fingerprint density at radius 3 is 2.74 bits per heavy atom. The molecule has 116 valence electrons. The van der Waals surface area contributed by atoms with E-state index in [9.17, 15) is 4.79 Å². The van der Waals surface area contributed by atoms with Crippen LogP contribution in [0.2, 0.25) is 0 Å². The molecule has 1 aliphatic rings. The van der Waals surface area contributed by atoms with Gasteiger partial charge in [0.25, 0.3) is 5.91 Å². The maximum Gasteiger partial charge on any atom is 0.273 e. The van der Waals surface area contributed by atoms with Gasteiger partial charge in [-0.2, -0.15) is 0 Å². The normalized spacial score (nSPS) is 14.1. The van der Waals surface area contributed by atoms with Gasteiger partial charge in [-0.3, -0.25) is 9.20 Å². The first-order valence-corrected chi connectivity index (χ1v) is 7.95. The number of imidazole rings is 1. The van der Waals surface area contributed by atoms with Gasteiger partial charge in [0.05, 0.1) is 5.69 Å². The molecule has 0 bridgehead atoms. The zero-order chi connectivity index (χ0) is 16.0. The second-order valence-corrected chi connectivity index (χ2v) is 6.22. The Labute approximate surface area is 135 Å². The van der Waals surface area contributed by atoms with Crippen LogP contribution in [0.3, 0.4) is 0 Å². The highest BCUT2D eigenvalue weighted by Gasteiger charge is 2.25. The van der Waals surface area contributed by atoms with Crippen LogP contribution in [0, 0.1) is 13.8 Å². The van der Waals surface area contributed by atoms with Crippen molar-refractivity contribution in [2.75, 3.05) is 6.54 Å². The van der Waals surface area contributed by atoms with E-state index in [1.807, 2.05) is 47.5 Å². The maximum absolute atomic E-state index is 13.1. The predicted octanol–water partition coefficient (Wildman–Crippen LogP) is 3.15. The summed E-state index contributed by atoms with van der Waals surface area (Å²) in [6.45, 7) is 5.38. The molecule has 23 heavy (non-hydrogen) atoms. The van der Waals surface area contributed by atoms with Crippen molar-refractivity contribution in [1.29, 1.82) is 0 Å². The van der Waals surface area contributed by atoms with Crippen LogP contribution >= 0.6 is 0 Å². The van der Waals surface area contributed by atoms with Crippen LogP contribution < -0.4 is 0 Å². The molecule has 1 aromatic carbocycles. The Balaban J connectivity index is 1.72. The number of amides is 1. The summed E-state index contributed by atoms with van der Waals surface area (Å²) in [4.78, 5) is 19.5. The Morgan fingerprint density at radius 2 is 1.91 bits per heavy atom. The SMILES string of the molecule is Cc1ccn2c(C(=O)N3CCc4ccccc4C3)c(C)nc2c1. The first-order chi connectivity index (χ1) is 11.1. The lowest BCUT2D eigenvalue weighted by molar-refractivity contribution is 0.0727. The molecule has 0 unspecified atom stereocenters. The molecule has 4 nitrogen and oxygen atoms in total. The summed E-state index contributed by atoms with van der Waals surface area (Å²) in [6.07, 6.45) is 2.85. The predicted molar refractivity (Wildman–Crippen MR) is 89.6 cm³/mol. The Kier molecular flexibility index (Phi) is 3.18. The van der Waals surface area contributed by atoms with Crippen molar-refractivity contribution < 1.29 is 4.79 Å². The summed E-state index contributed by atoms with van der Waals surface area (Å²) in [7, 11) is 0. The van der Waals surface area contributed by atoms with Crippen LogP contribution in [0.25, 0.3) is 5.65 Å². The van der Waals surface area contributed by atoms with Crippen molar-refractivity contribution in [1.82, 2.24) is 14.3 Å². The van der Waals surface area contributed by atoms with Crippen molar-refractivity contribution >= 4 is 11.6 Å². The van der Waals surface area contributed by atoms with Crippen molar-refractivity contribution in [3.05, 3.63) is 70.7 Å². The number of rotatable bonds is 1. The average Bonchev–Trinajstić information content (AvgIpc) is 2.88. The topological polar surface area (TPSA) is 37.6 Å². The third kappa shape index (κ3) is 2.31. The number of hydrogen-bond acceptors (Lipinski definition) is 2. The van der Waals surface area contributed by atoms with Crippen LogP contribution in [-0.4, -0.2) is 26.7 Å². The molecular weight excluding hydrogens is 286 g/mol. The largest absolute Gasteiger partial charge is 0.333 e. The fraction of sp³-hybridized carbons (Fsp3) is 0.263. The van der Waals surface area contributed by atoms with E-state index in [4.69, 9.17) is 0 Å². The fourth-order valence-corrected chi connectivity index (χ4v) is 3.34. The molecule has 1 aliphatic heterocycles. The van der Waals surface area contributed by atoms with E-state index in [2.05, 4.69) is 23.2 Å². The smallest absolute Gasteiger partial charge is 0.273 e. The molecular formula is C19H19N3O. The molecule has 3 aromatic rings. The van der Waals surface area contributed by atoms with Gasteiger partial charge in [0.1, 0.15) is 11.3 Å². The minimum atomic E-state index is 0.0633. The Hall–Kier alpha value is -2.62. The summed E-state index contributed by atoms with van der Waals surface area (Å²) >= 11 is 0. The van der Waals surface area contributed by atoms with Gasteiger partial charge in [0, 0.05) is 19.3 Å². The summed E-state index contributed by atoms with van der Waals surface area (Å²) in [6, 6.07) is 12.4. The first kappa shape index (κ1) is 14.0. The molecule has 0 saturated carbocycles. The van der Waals surface area contributed by atoms with Gasteiger partial charge in [-0.25, -0.2) is 4.98 Å². The molecule has 0 saturated heterocycles. The maximum atomic E-state index is 13.1. The first-order valence-electron chi connectivity index (χ1n) is 7.95. The molecule has 0 spiro atoms. The zero-order valence-corrected chi connectivity index (χ0v) is 13.4. The Morgan fingerprint density at radius 1 is 1.13 bits per heavy atom. The molecule has 0 fully saturated rings. The minimum absolute atomic E-state index is 0.0633. The molecule has 0 aliphatic carbocycles. The molecule has 4 rings (SSSR count). The van der Waals surface area contributed by atoms with Crippen LogP contribution in [0.15, 0.2) is 42.6 Å². The number of nitrogens with zero attached hydrogens (tertiary/aromatic N) is 3. The zero-order valence-electron chi connectivity index (χ0n) is 13.4. The molecule has 1 amide bonds. The number of fused-ring (bicyclic) bond motifs is 2. The third-order valence-electron chi connectivity index (χ3n) is 4.58. The highest BCUT2D eigenvalue weighted by molar-refractivity contribution is 5.94. The second-order valence-electron chi connectivity index (χ2n) is 6.22. The second kappa shape index (κ2) is 5.23. The highest BCUT2D eigenvalue weighted by atomic mass is 16.2. The van der Waals surface area contributed by atoms with E-state index in [1.165, 1.54) is 11.1 Å². The lowest BCUT2D eigenvalue weighted by Gasteiger charge is -2.28. The number of benzene rings is 1. The van der Waals surface area contributed by atoms with E-state index in [1.54, 1.807) is 0 Å². The summed E-state index contributed by atoms with van der Waals surface area (Å²) in [5, 5.41) is 0. The monoisotopic (exact) mass is 305 g/mol. The molecule has 0 atom stereocenters. The van der Waals surface area contributed by atoms with E-state index in [-0.39, 0.29) is 5.91 Å². The van der Waals surface area contributed by atoms with Gasteiger partial charge < -0.3 is 4.90 Å². The van der Waals surface area contributed by atoms with Crippen molar-refractivity contribution in [3.63, 3.8) is 0 Å². The number of aromatic nitrogens is 2. The fourth-order valence-electron chi connectivity index (χ4n) is 3.34. The van der Waals surface area contributed by atoms with E-state index < -0.39 is 0 Å². The Bertz CT molecular complexity index is 910. The van der Waals surface area contributed by atoms with E-state index >= 15 is 0 Å². The lowest BCUT2D eigenvalue weighted by atomic mass is 9.99. The summed E-state index contributed by atoms with van der Waals surface area (Å²) in [5.74, 6) is 0.0633. The lowest BCUT2D eigenvalue weighted by Crippen LogP contribution is -2.36. The van der Waals surface area contributed by atoms with Gasteiger partial charge in [0.15, 0.2) is 0 Å². The van der Waals surface area contributed by atoms with Gasteiger partial charge in [-0.15, -0.1) is 0 Å². The van der Waals surface area contributed by atoms with Gasteiger partial charge >= 0.3 is 0 Å². The van der Waals surface area contributed by atoms with E-state index in [0.717, 1.165) is 29.9 Å². The van der Waals surface area contributed by atoms with Gasteiger partial charge in [0.2, 0.25) is 0 Å². The third-order valence-corrected chi connectivity index (χ3v) is 4.58. The van der Waals surface area contributed by atoms with Crippen LogP contribution in [-0.2, 0) is 13.0 Å². The van der Waals surface area contributed by atoms with Crippen molar-refractivity contribution in [3.8, 4) is 0 Å². The molecule has 4 heteroatoms. The van der Waals surface area contributed by atoms with Crippen molar-refractivity contribution in [2.45, 2.75) is 26.8 Å². The standard InChI is InChI=1S/C19H19N3O/c1-13-7-10-22-17(11-13)20-14(2)18(22)19(23)21-9-8-15-5-3-4-6-16(15)12-21/h3-7,10-11H,8-9,12H2,1-2H3. The molecule has 3 heterocycles. The number of carbonyl (C=O) groups is 1. The molecule has 0 radical (unpaired) electrons. The number of aryl methyl sites for hydroxylation is 2. The minimum Gasteiger partial charge on any atom is -0.333 e. The summed E-state index contributed by atoms with van der Waals surface area (Å²) < 4.78 is 1.91. The van der Waals surface area contributed by atoms with Crippen molar-refractivity contribution in [2.24, 2.45) is 0 Å². The molecule has 2 aromatic heterocycles. The van der Waals surface area contributed by atoms with Crippen LogP contribution in [0.5, 0.6) is 0 Å². The number of pyridine rings is 1. The van der Waals surface area contributed by atoms with E-state index in [0.29, 0.717) is 12.2 Å². The van der Waals surface area contributed by atoms with Gasteiger partial charge in [-0.1, -0.05) is 24.3 Å². The quantitative estimate of drug-likeness (QED) is 0.692. The highest BCUT2D eigenvalue weighted by Crippen LogP contribution is 2.22. The van der Waals surface area contributed by atoms with Crippen LogP contribution in [0.4, 0.5) is 0 Å².